The Balaban J connectivity index is 1.91. The van der Waals surface area contributed by atoms with Crippen LogP contribution in [0.1, 0.15) is 39.9 Å². The van der Waals surface area contributed by atoms with Crippen molar-refractivity contribution in [3.63, 3.8) is 0 Å². The summed E-state index contributed by atoms with van der Waals surface area (Å²) in [5.74, 6) is 0.594. The lowest BCUT2D eigenvalue weighted by Gasteiger charge is -2.21. The molecule has 0 radical (unpaired) electrons. The van der Waals surface area contributed by atoms with Crippen molar-refractivity contribution in [2.75, 3.05) is 19.3 Å². The third-order valence-electron chi connectivity index (χ3n) is 4.14. The summed E-state index contributed by atoms with van der Waals surface area (Å²) in [6, 6.07) is 13.9. The summed E-state index contributed by atoms with van der Waals surface area (Å²) >= 11 is 1.40. The molecule has 1 heterocycles. The maximum Gasteiger partial charge on any atom is 0.261 e. The molecule has 2 rings (SSSR count). The van der Waals surface area contributed by atoms with Crippen LogP contribution in [0, 0.1) is 5.92 Å². The summed E-state index contributed by atoms with van der Waals surface area (Å²) in [7, 11) is -3.18. The van der Waals surface area contributed by atoms with Crippen LogP contribution in [0.5, 0.6) is 0 Å². The number of hydrogen-bond donors (Lipinski definition) is 2. The smallest absolute Gasteiger partial charge is 0.261 e. The van der Waals surface area contributed by atoms with Gasteiger partial charge in [0.25, 0.3) is 5.91 Å². The van der Waals surface area contributed by atoms with Crippen LogP contribution in [0.2, 0.25) is 0 Å². The number of carbonyl (C=O) groups is 1. The first-order valence-corrected chi connectivity index (χ1v) is 11.3. The zero-order chi connectivity index (χ0) is 19.2. The van der Waals surface area contributed by atoms with Gasteiger partial charge in [-0.2, -0.15) is 0 Å². The van der Waals surface area contributed by atoms with E-state index in [4.69, 9.17) is 0 Å². The van der Waals surface area contributed by atoms with E-state index in [9.17, 15) is 13.2 Å². The summed E-state index contributed by atoms with van der Waals surface area (Å²) < 4.78 is 24.6. The number of thiophene rings is 1. The van der Waals surface area contributed by atoms with Crippen molar-refractivity contribution in [3.8, 4) is 0 Å². The zero-order valence-corrected chi connectivity index (χ0v) is 17.0. The standard InChI is InChI=1S/C19H26N2O3S2/c1-14(2)17(15-7-5-4-6-8-15)13-20-19(22)18-10-9-16(25-18)11-12-21-26(3,23)24/h4-10,14,17,21H,11-13H2,1-3H3,(H,20,22). The second-order valence-corrected chi connectivity index (χ2v) is 9.66. The SMILES string of the molecule is CC(C)C(CNC(=O)c1ccc(CCNS(C)(=O)=O)s1)c1ccccc1. The predicted octanol–water partition coefficient (Wildman–Crippen LogP) is 3.01. The van der Waals surface area contributed by atoms with Gasteiger partial charge in [0.15, 0.2) is 0 Å². The van der Waals surface area contributed by atoms with Crippen molar-refractivity contribution < 1.29 is 13.2 Å². The highest BCUT2D eigenvalue weighted by Crippen LogP contribution is 2.24. The zero-order valence-electron chi connectivity index (χ0n) is 15.4. The molecule has 142 valence electrons. The average Bonchev–Trinajstić information content (AvgIpc) is 3.03. The van der Waals surface area contributed by atoms with E-state index in [-0.39, 0.29) is 11.8 Å². The molecule has 1 atom stereocenters. The van der Waals surface area contributed by atoms with Crippen LogP contribution in [0.15, 0.2) is 42.5 Å². The fraction of sp³-hybridized carbons (Fsp3) is 0.421. The largest absolute Gasteiger partial charge is 0.351 e. The molecule has 5 nitrogen and oxygen atoms in total. The number of sulfonamides is 1. The summed E-state index contributed by atoms with van der Waals surface area (Å²) in [5, 5.41) is 3.03. The highest BCUT2D eigenvalue weighted by molar-refractivity contribution is 7.88. The van der Waals surface area contributed by atoms with Crippen LogP contribution in [0.4, 0.5) is 0 Å². The van der Waals surface area contributed by atoms with E-state index in [2.05, 4.69) is 36.0 Å². The molecule has 7 heteroatoms. The molecule has 0 aliphatic rings. The first-order valence-electron chi connectivity index (χ1n) is 8.63. The van der Waals surface area contributed by atoms with Gasteiger partial charge in [-0.15, -0.1) is 11.3 Å². The first kappa shape index (κ1) is 20.6. The predicted molar refractivity (Wildman–Crippen MR) is 107 cm³/mol. The molecule has 0 spiro atoms. The second kappa shape index (κ2) is 9.30. The molecule has 26 heavy (non-hydrogen) atoms. The van der Waals surface area contributed by atoms with E-state index in [0.717, 1.165) is 11.1 Å². The van der Waals surface area contributed by atoms with Gasteiger partial charge in [-0.1, -0.05) is 44.2 Å². The normalized spacial score (nSPS) is 12.9. The number of hydrogen-bond acceptors (Lipinski definition) is 4. The molecule has 1 aromatic carbocycles. The molecule has 0 saturated heterocycles. The van der Waals surface area contributed by atoms with E-state index in [0.29, 0.717) is 30.3 Å². The van der Waals surface area contributed by atoms with Gasteiger partial charge in [0.2, 0.25) is 10.0 Å². The molecule has 2 aromatic rings. The van der Waals surface area contributed by atoms with Crippen LogP contribution in [-0.2, 0) is 16.4 Å². The Labute approximate surface area is 159 Å². The molecule has 0 aliphatic heterocycles. The molecular formula is C19H26N2O3S2. The fourth-order valence-corrected chi connectivity index (χ4v) is 4.12. The Morgan fingerprint density at radius 2 is 1.81 bits per heavy atom. The highest BCUT2D eigenvalue weighted by Gasteiger charge is 2.18. The van der Waals surface area contributed by atoms with Crippen LogP contribution < -0.4 is 10.0 Å². The number of benzene rings is 1. The summed E-state index contributed by atoms with van der Waals surface area (Å²) in [6.07, 6.45) is 1.71. The van der Waals surface area contributed by atoms with Gasteiger partial charge in [0.05, 0.1) is 11.1 Å². The molecule has 0 saturated carbocycles. The lowest BCUT2D eigenvalue weighted by Crippen LogP contribution is -2.29. The number of carbonyl (C=O) groups excluding carboxylic acids is 1. The summed E-state index contributed by atoms with van der Waals surface area (Å²) in [6.45, 7) is 5.23. The van der Waals surface area contributed by atoms with Gasteiger partial charge >= 0.3 is 0 Å². The maximum absolute atomic E-state index is 12.4. The van der Waals surface area contributed by atoms with Gasteiger partial charge in [-0.3, -0.25) is 4.79 Å². The maximum atomic E-state index is 12.4. The Bertz CT molecular complexity index is 814. The van der Waals surface area contributed by atoms with Crippen molar-refractivity contribution in [1.29, 1.82) is 0 Å². The minimum absolute atomic E-state index is 0.0843. The van der Waals surface area contributed by atoms with Crippen LogP contribution in [-0.4, -0.2) is 33.7 Å². The first-order chi connectivity index (χ1) is 12.3. The van der Waals surface area contributed by atoms with Crippen molar-refractivity contribution in [2.24, 2.45) is 5.92 Å². The van der Waals surface area contributed by atoms with Crippen molar-refractivity contribution in [3.05, 3.63) is 57.8 Å². The third kappa shape index (κ3) is 6.55. The minimum atomic E-state index is -3.18. The topological polar surface area (TPSA) is 75.3 Å². The second-order valence-electron chi connectivity index (χ2n) is 6.65. The van der Waals surface area contributed by atoms with E-state index in [1.165, 1.54) is 16.9 Å². The summed E-state index contributed by atoms with van der Waals surface area (Å²) in [4.78, 5) is 14.1. The summed E-state index contributed by atoms with van der Waals surface area (Å²) in [5.41, 5.74) is 1.22. The fourth-order valence-electron chi connectivity index (χ4n) is 2.72. The highest BCUT2D eigenvalue weighted by atomic mass is 32.2. The molecular weight excluding hydrogens is 368 g/mol. The molecule has 0 bridgehead atoms. The van der Waals surface area contributed by atoms with Gasteiger partial charge in [-0.05, 0) is 30.0 Å². The Morgan fingerprint density at radius 3 is 2.42 bits per heavy atom. The quantitative estimate of drug-likeness (QED) is 0.686. The number of amides is 1. The van der Waals surface area contributed by atoms with E-state index in [1.54, 1.807) is 6.07 Å². The Kier molecular flexibility index (Phi) is 7.37. The van der Waals surface area contributed by atoms with Crippen molar-refractivity contribution >= 4 is 27.3 Å². The number of nitrogens with one attached hydrogen (secondary N) is 2. The lowest BCUT2D eigenvalue weighted by molar-refractivity contribution is 0.0953. The van der Waals surface area contributed by atoms with Crippen LogP contribution in [0.3, 0.4) is 0 Å². The van der Waals surface area contributed by atoms with E-state index in [1.807, 2.05) is 24.3 Å². The lowest BCUT2D eigenvalue weighted by atomic mass is 9.88. The van der Waals surface area contributed by atoms with Crippen molar-refractivity contribution in [2.45, 2.75) is 26.2 Å². The monoisotopic (exact) mass is 394 g/mol. The molecule has 0 aliphatic carbocycles. The van der Waals surface area contributed by atoms with Gasteiger partial charge in [-0.25, -0.2) is 13.1 Å². The van der Waals surface area contributed by atoms with Gasteiger partial charge in [0.1, 0.15) is 0 Å². The Hall–Kier alpha value is -1.70. The molecule has 1 aromatic heterocycles. The third-order valence-corrected chi connectivity index (χ3v) is 6.01. The van der Waals surface area contributed by atoms with Gasteiger partial charge < -0.3 is 5.32 Å². The van der Waals surface area contributed by atoms with Crippen LogP contribution in [0.25, 0.3) is 0 Å². The molecule has 1 amide bonds. The van der Waals surface area contributed by atoms with E-state index >= 15 is 0 Å². The average molecular weight is 395 g/mol. The Morgan fingerprint density at radius 1 is 1.12 bits per heavy atom. The molecule has 2 N–H and O–H groups in total. The molecule has 0 fully saturated rings. The molecule has 1 unspecified atom stereocenters. The van der Waals surface area contributed by atoms with Gasteiger partial charge in [0, 0.05) is 23.9 Å². The van der Waals surface area contributed by atoms with Crippen molar-refractivity contribution in [1.82, 2.24) is 10.0 Å². The minimum Gasteiger partial charge on any atom is -0.351 e. The van der Waals surface area contributed by atoms with E-state index < -0.39 is 10.0 Å². The number of rotatable bonds is 9. The van der Waals surface area contributed by atoms with Crippen LogP contribution >= 0.6 is 11.3 Å².